The van der Waals surface area contributed by atoms with Crippen molar-refractivity contribution in [3.05, 3.63) is 35.1 Å². The van der Waals surface area contributed by atoms with E-state index in [4.69, 9.17) is 4.43 Å². The molecule has 0 heterocycles. The molecule has 0 saturated heterocycles. The molecule has 0 saturated carbocycles. The van der Waals surface area contributed by atoms with Crippen LogP contribution in [0.1, 0.15) is 41.5 Å². The van der Waals surface area contributed by atoms with Gasteiger partial charge < -0.3 is 16.8 Å². The molecule has 0 N–H and O–H groups in total. The zero-order chi connectivity index (χ0) is 15.1. The van der Waals surface area contributed by atoms with Crippen molar-refractivity contribution in [2.75, 3.05) is 0 Å². The molecule has 1 aliphatic carbocycles. The largest absolute Gasteiger partial charge is 2.00 e. The van der Waals surface area contributed by atoms with Crippen molar-refractivity contribution in [1.29, 1.82) is 0 Å². The van der Waals surface area contributed by atoms with Crippen LogP contribution in [-0.2, 0) is 23.9 Å². The first-order valence-corrected chi connectivity index (χ1v) is 10.5. The van der Waals surface area contributed by atoms with Gasteiger partial charge in [0.25, 0.3) is 0 Å². The average Bonchev–Trinajstić information content (AvgIpc) is 2.11. The molecule has 1 aliphatic rings. The molecule has 0 aliphatic heterocycles. The summed E-state index contributed by atoms with van der Waals surface area (Å²) in [5.41, 5.74) is 4.72. The van der Waals surface area contributed by atoms with E-state index >= 15 is 0 Å². The Balaban J connectivity index is 0. The van der Waals surface area contributed by atoms with E-state index in [-0.39, 0.29) is 42.7 Å². The molecule has 1 rings (SSSR count). The van der Waals surface area contributed by atoms with Gasteiger partial charge in [0.15, 0.2) is 0 Å². The molecule has 0 fully saturated rings. The van der Waals surface area contributed by atoms with Crippen molar-refractivity contribution < 1.29 is 36.3 Å². The predicted octanol–water partition coefficient (Wildman–Crippen LogP) is 2.49. The predicted molar refractivity (Wildman–Crippen MR) is 86.3 cm³/mol. The minimum Gasteiger partial charge on any atom is -1.00 e. The van der Waals surface area contributed by atoms with Gasteiger partial charge in [-0.25, -0.2) is 0 Å². The van der Waals surface area contributed by atoms with E-state index < -0.39 is 8.32 Å². The molecule has 0 aromatic carbocycles. The maximum absolute atomic E-state index is 6.44. The molecule has 0 aromatic rings. The smallest absolute Gasteiger partial charge is 1.00 e. The Hall–Kier alpha value is 0.0603. The number of rotatable bonds is 2. The quantitative estimate of drug-likeness (QED) is 0.408. The van der Waals surface area contributed by atoms with Gasteiger partial charge in [-0.05, 0) is 19.6 Å². The van der Waals surface area contributed by atoms with Crippen LogP contribution in [0, 0.1) is 16.7 Å². The Bertz CT molecular complexity index is 441. The molecule has 21 heavy (non-hydrogen) atoms. The van der Waals surface area contributed by atoms with Crippen LogP contribution >= 0.6 is 0 Å². The zero-order valence-electron chi connectivity index (χ0n) is 15.1. The maximum atomic E-state index is 6.44. The van der Waals surface area contributed by atoms with E-state index in [2.05, 4.69) is 79.1 Å². The third-order valence-corrected chi connectivity index (χ3v) is 3.79. The Morgan fingerprint density at radius 1 is 1.05 bits per heavy atom. The molecule has 0 unspecified atom stereocenters. The Kier molecular flexibility index (Phi) is 8.39. The van der Waals surface area contributed by atoms with Crippen molar-refractivity contribution in [1.82, 2.24) is 0 Å². The van der Waals surface area contributed by atoms with E-state index in [0.29, 0.717) is 0 Å². The first-order chi connectivity index (χ1) is 8.32. The second-order valence-electron chi connectivity index (χ2n) is 8.33. The fourth-order valence-electron chi connectivity index (χ4n) is 2.01. The van der Waals surface area contributed by atoms with Gasteiger partial charge in [-0.3, -0.25) is 5.73 Å². The SMILES string of the molecule is CC(C)(C)C1=C(O[Si](C)(C)C)[C-](C(C)(C)C)C=C=C1.[Cl-].[Zn+2]. The van der Waals surface area contributed by atoms with Gasteiger partial charge >= 0.3 is 19.5 Å². The van der Waals surface area contributed by atoms with Gasteiger partial charge in [-0.2, -0.15) is 0 Å². The summed E-state index contributed by atoms with van der Waals surface area (Å²) in [5.74, 6) is 2.36. The molecular weight excluding hydrogens is 349 g/mol. The van der Waals surface area contributed by atoms with E-state index in [1.165, 1.54) is 11.5 Å². The summed E-state index contributed by atoms with van der Waals surface area (Å²) in [5, 5.41) is 0. The molecule has 0 bridgehead atoms. The Morgan fingerprint density at radius 2 is 1.52 bits per heavy atom. The summed E-state index contributed by atoms with van der Waals surface area (Å²) in [6.07, 6.45) is 4.18. The van der Waals surface area contributed by atoms with Crippen LogP contribution in [0.4, 0.5) is 0 Å². The average molecular weight is 378 g/mol. The molecule has 0 spiro atoms. The van der Waals surface area contributed by atoms with E-state index in [1.807, 2.05) is 0 Å². The fourth-order valence-corrected chi connectivity index (χ4v) is 2.85. The van der Waals surface area contributed by atoms with Crippen molar-refractivity contribution in [2.45, 2.75) is 61.2 Å². The normalized spacial score (nSPS) is 15.6. The van der Waals surface area contributed by atoms with Gasteiger partial charge in [-0.1, -0.05) is 52.4 Å². The van der Waals surface area contributed by atoms with Gasteiger partial charge in [0.2, 0.25) is 8.32 Å². The summed E-state index contributed by atoms with van der Waals surface area (Å²) < 4.78 is 6.44. The molecular formula is C17H29ClOSiZn. The van der Waals surface area contributed by atoms with E-state index in [0.717, 1.165) is 5.76 Å². The van der Waals surface area contributed by atoms with Crippen LogP contribution in [0.2, 0.25) is 19.6 Å². The Labute approximate surface area is 151 Å². The van der Waals surface area contributed by atoms with Crippen molar-refractivity contribution in [3.8, 4) is 0 Å². The molecule has 0 atom stereocenters. The van der Waals surface area contributed by atoms with Crippen LogP contribution in [0.5, 0.6) is 0 Å². The standard InChI is InChI=1S/C17H29OSi.ClH.Zn/c1-16(2,3)13-11-10-12-14(17(4,5)6)15(13)18-19(7,8)9;;/h11-12H,1-9H3;1H;/q-1;;+2/p-1. The summed E-state index contributed by atoms with van der Waals surface area (Å²) in [7, 11) is -1.63. The van der Waals surface area contributed by atoms with Gasteiger partial charge in [0, 0.05) is 5.76 Å². The van der Waals surface area contributed by atoms with Gasteiger partial charge in [0.05, 0.1) is 0 Å². The maximum Gasteiger partial charge on any atom is 2.00 e. The molecule has 0 radical (unpaired) electrons. The fraction of sp³-hybridized carbons (Fsp3) is 0.647. The topological polar surface area (TPSA) is 9.23 Å². The number of hydrogen-bond donors (Lipinski definition) is 0. The van der Waals surface area contributed by atoms with Crippen LogP contribution in [0.25, 0.3) is 0 Å². The van der Waals surface area contributed by atoms with Crippen molar-refractivity contribution in [2.24, 2.45) is 10.8 Å². The zero-order valence-corrected chi connectivity index (χ0v) is 19.9. The van der Waals surface area contributed by atoms with Crippen molar-refractivity contribution >= 4 is 8.32 Å². The molecule has 4 heteroatoms. The van der Waals surface area contributed by atoms with Crippen LogP contribution < -0.4 is 12.4 Å². The first kappa shape index (κ1) is 23.3. The third kappa shape index (κ3) is 6.78. The summed E-state index contributed by atoms with van der Waals surface area (Å²) in [6, 6.07) is 0. The Morgan fingerprint density at radius 3 is 1.86 bits per heavy atom. The van der Waals surface area contributed by atoms with Crippen LogP contribution in [0.15, 0.2) is 29.2 Å². The van der Waals surface area contributed by atoms with Gasteiger partial charge in [-0.15, -0.1) is 23.6 Å². The third-order valence-electron chi connectivity index (χ3n) is 2.97. The number of hydrogen-bond acceptors (Lipinski definition) is 1. The molecule has 0 aromatic heterocycles. The van der Waals surface area contributed by atoms with E-state index in [1.54, 1.807) is 0 Å². The van der Waals surface area contributed by atoms with Crippen molar-refractivity contribution in [3.63, 3.8) is 0 Å². The first-order valence-electron chi connectivity index (χ1n) is 7.06. The van der Waals surface area contributed by atoms with Crippen LogP contribution in [0.3, 0.4) is 0 Å². The molecule has 116 valence electrons. The summed E-state index contributed by atoms with van der Waals surface area (Å²) in [4.78, 5) is 0. The minimum absolute atomic E-state index is 0. The second-order valence-corrected chi connectivity index (χ2v) is 12.8. The van der Waals surface area contributed by atoms with Gasteiger partial charge in [0.1, 0.15) is 0 Å². The monoisotopic (exact) mass is 376 g/mol. The second kappa shape index (κ2) is 7.55. The summed E-state index contributed by atoms with van der Waals surface area (Å²) in [6.45, 7) is 20.1. The molecule has 0 amide bonds. The number of allylic oxidation sites excluding steroid dienone is 2. The summed E-state index contributed by atoms with van der Waals surface area (Å²) >= 11 is 0. The number of halogens is 1. The van der Waals surface area contributed by atoms with E-state index in [9.17, 15) is 0 Å². The van der Waals surface area contributed by atoms with Crippen LogP contribution in [-0.4, -0.2) is 8.32 Å². The molecule has 1 nitrogen and oxygen atoms in total. The minimum atomic E-state index is -1.63.